The fraction of sp³-hybridized carbons (Fsp3) is 0.455. The molecule has 0 radical (unpaired) electrons. The van der Waals surface area contributed by atoms with Gasteiger partial charge in [0.1, 0.15) is 0 Å². The fourth-order valence-corrected chi connectivity index (χ4v) is 4.25. The summed E-state index contributed by atoms with van der Waals surface area (Å²) < 4.78 is 27.0. The van der Waals surface area contributed by atoms with Crippen LogP contribution in [0.1, 0.15) is 6.42 Å². The summed E-state index contributed by atoms with van der Waals surface area (Å²) in [6, 6.07) is 5.39. The van der Waals surface area contributed by atoms with Crippen LogP contribution < -0.4 is 10.0 Å². The number of fused-ring (bicyclic) bond motifs is 1. The zero-order chi connectivity index (χ0) is 13.6. The average molecular weight is 283 g/mol. The smallest absolute Gasteiger partial charge is 0.289 e. The average Bonchev–Trinajstić information content (AvgIpc) is 2.99. The van der Waals surface area contributed by atoms with Crippen LogP contribution in [0.5, 0.6) is 0 Å². The SMILES string of the molecule is O=[N+]([O-])c1ccccc1S(=O)(=O)NC1C2CNC1C2. The van der Waals surface area contributed by atoms with Crippen LogP contribution >= 0.6 is 0 Å². The second kappa shape index (κ2) is 4.26. The number of hydrogen-bond donors (Lipinski definition) is 2. The largest absolute Gasteiger partial charge is 0.312 e. The van der Waals surface area contributed by atoms with Crippen molar-refractivity contribution >= 4 is 15.7 Å². The number of nitro benzene ring substituents is 1. The lowest BCUT2D eigenvalue weighted by Crippen LogP contribution is -2.53. The van der Waals surface area contributed by atoms with Crippen molar-refractivity contribution in [2.45, 2.75) is 23.4 Å². The summed E-state index contributed by atoms with van der Waals surface area (Å²) in [5, 5.41) is 14.1. The highest BCUT2D eigenvalue weighted by Crippen LogP contribution is 2.35. The third-order valence-corrected chi connectivity index (χ3v) is 5.29. The van der Waals surface area contributed by atoms with Gasteiger partial charge in [-0.25, -0.2) is 13.1 Å². The third kappa shape index (κ3) is 2.01. The predicted molar refractivity (Wildman–Crippen MR) is 67.1 cm³/mol. The van der Waals surface area contributed by atoms with Gasteiger partial charge in [-0.15, -0.1) is 0 Å². The van der Waals surface area contributed by atoms with Crippen LogP contribution in [0.4, 0.5) is 5.69 Å². The molecule has 4 rings (SSSR count). The molecule has 102 valence electrons. The first-order valence-corrected chi connectivity index (χ1v) is 7.46. The summed E-state index contributed by atoms with van der Waals surface area (Å²) in [7, 11) is -3.85. The predicted octanol–water partition coefficient (Wildman–Crippen LogP) is 0.233. The van der Waals surface area contributed by atoms with Crippen molar-refractivity contribution in [2.24, 2.45) is 5.92 Å². The van der Waals surface area contributed by atoms with E-state index in [2.05, 4.69) is 10.0 Å². The number of nitrogens with one attached hydrogen (secondary N) is 2. The molecule has 2 bridgehead atoms. The normalized spacial score (nSPS) is 28.9. The van der Waals surface area contributed by atoms with Gasteiger partial charge < -0.3 is 5.32 Å². The standard InChI is InChI=1S/C11H13N3O4S/c15-14(16)9-3-1-2-4-10(9)19(17,18)13-11-7-5-8(11)12-6-7/h1-4,7-8,11-13H,5-6H2. The highest BCUT2D eigenvalue weighted by Gasteiger charge is 2.48. The van der Waals surface area contributed by atoms with Gasteiger partial charge in [0, 0.05) is 18.2 Å². The molecule has 2 heterocycles. The Morgan fingerprint density at radius 2 is 2.11 bits per heavy atom. The van der Waals surface area contributed by atoms with Crippen molar-refractivity contribution in [1.82, 2.24) is 10.0 Å². The Hall–Kier alpha value is -1.51. The molecule has 2 N–H and O–H groups in total. The van der Waals surface area contributed by atoms with Crippen molar-refractivity contribution < 1.29 is 13.3 Å². The van der Waals surface area contributed by atoms with Crippen molar-refractivity contribution in [3.63, 3.8) is 0 Å². The van der Waals surface area contributed by atoms with Crippen molar-refractivity contribution in [3.8, 4) is 0 Å². The quantitative estimate of drug-likeness (QED) is 0.608. The van der Waals surface area contributed by atoms with Gasteiger partial charge >= 0.3 is 0 Å². The second-order valence-corrected chi connectivity index (χ2v) is 6.56. The first-order valence-electron chi connectivity index (χ1n) is 5.98. The minimum Gasteiger partial charge on any atom is -0.312 e. The molecule has 1 aliphatic carbocycles. The molecule has 1 aromatic rings. The minimum atomic E-state index is -3.85. The molecule has 2 saturated heterocycles. The van der Waals surface area contributed by atoms with Gasteiger partial charge in [-0.1, -0.05) is 12.1 Å². The summed E-state index contributed by atoms with van der Waals surface area (Å²) in [5.41, 5.74) is -0.394. The van der Waals surface area contributed by atoms with Crippen molar-refractivity contribution in [1.29, 1.82) is 0 Å². The van der Waals surface area contributed by atoms with Gasteiger partial charge in [0.2, 0.25) is 10.0 Å². The molecule has 3 unspecified atom stereocenters. The Kier molecular flexibility index (Phi) is 2.80. The molecule has 8 heteroatoms. The number of benzene rings is 1. The maximum Gasteiger partial charge on any atom is 0.289 e. The lowest BCUT2D eigenvalue weighted by molar-refractivity contribution is -0.387. The van der Waals surface area contributed by atoms with Crippen molar-refractivity contribution in [2.75, 3.05) is 6.54 Å². The number of nitrogens with zero attached hydrogens (tertiary/aromatic N) is 1. The van der Waals surface area contributed by atoms with Crippen LogP contribution in [-0.4, -0.2) is 32.0 Å². The fourth-order valence-electron chi connectivity index (χ4n) is 2.73. The van der Waals surface area contributed by atoms with Gasteiger partial charge in [-0.2, -0.15) is 0 Å². The number of para-hydroxylation sites is 1. The van der Waals surface area contributed by atoms with E-state index in [0.717, 1.165) is 13.0 Å². The van der Waals surface area contributed by atoms with Gasteiger partial charge in [0.15, 0.2) is 4.90 Å². The highest BCUT2D eigenvalue weighted by atomic mass is 32.2. The van der Waals surface area contributed by atoms with Gasteiger partial charge in [-0.05, 0) is 24.9 Å². The van der Waals surface area contributed by atoms with Crippen molar-refractivity contribution in [3.05, 3.63) is 34.4 Å². The van der Waals surface area contributed by atoms with E-state index >= 15 is 0 Å². The van der Waals surface area contributed by atoms with E-state index in [4.69, 9.17) is 0 Å². The molecular formula is C11H13N3O4S. The van der Waals surface area contributed by atoms with Crippen LogP contribution in [-0.2, 0) is 10.0 Å². The molecule has 2 aliphatic heterocycles. The van der Waals surface area contributed by atoms with E-state index in [0.29, 0.717) is 5.92 Å². The number of hydrogen-bond acceptors (Lipinski definition) is 5. The molecule has 3 atom stereocenters. The molecule has 7 nitrogen and oxygen atoms in total. The van der Waals surface area contributed by atoms with Crippen LogP contribution in [0.25, 0.3) is 0 Å². The zero-order valence-corrected chi connectivity index (χ0v) is 10.8. The van der Waals surface area contributed by atoms with Gasteiger partial charge in [0.25, 0.3) is 5.69 Å². The maximum absolute atomic E-state index is 12.2. The van der Waals surface area contributed by atoms with E-state index in [1.807, 2.05) is 0 Å². The lowest BCUT2D eigenvalue weighted by atomic mass is 9.81. The van der Waals surface area contributed by atoms with E-state index in [9.17, 15) is 18.5 Å². The van der Waals surface area contributed by atoms with Crippen LogP contribution in [0.2, 0.25) is 0 Å². The first-order chi connectivity index (χ1) is 8.99. The summed E-state index contributed by atoms with van der Waals surface area (Å²) in [6.45, 7) is 0.800. The Morgan fingerprint density at radius 1 is 1.37 bits per heavy atom. The minimum absolute atomic E-state index is 0.148. The second-order valence-electron chi connectivity index (χ2n) is 4.88. The molecule has 19 heavy (non-hydrogen) atoms. The number of sulfonamides is 1. The molecule has 1 saturated carbocycles. The van der Waals surface area contributed by atoms with Crippen LogP contribution in [0, 0.1) is 16.0 Å². The maximum atomic E-state index is 12.2. The molecular weight excluding hydrogens is 270 g/mol. The van der Waals surface area contributed by atoms with Crippen LogP contribution in [0.3, 0.4) is 0 Å². The van der Waals surface area contributed by atoms with E-state index in [-0.39, 0.29) is 17.0 Å². The summed E-state index contributed by atoms with van der Waals surface area (Å²) in [4.78, 5) is 9.93. The molecule has 3 aliphatic rings. The molecule has 3 fully saturated rings. The van der Waals surface area contributed by atoms with Crippen LogP contribution in [0.15, 0.2) is 29.2 Å². The zero-order valence-electron chi connectivity index (χ0n) is 9.94. The topological polar surface area (TPSA) is 101 Å². The molecule has 1 aromatic carbocycles. The van der Waals surface area contributed by atoms with Gasteiger partial charge in [-0.3, -0.25) is 10.1 Å². The van der Waals surface area contributed by atoms with Gasteiger partial charge in [0.05, 0.1) is 4.92 Å². The lowest BCUT2D eigenvalue weighted by Gasteiger charge is -2.34. The Bertz CT molecular complexity index is 617. The summed E-state index contributed by atoms with van der Waals surface area (Å²) >= 11 is 0. The summed E-state index contributed by atoms with van der Waals surface area (Å²) in [5.74, 6) is 0.294. The third-order valence-electron chi connectivity index (χ3n) is 3.78. The van der Waals surface area contributed by atoms with E-state index < -0.39 is 20.6 Å². The number of rotatable bonds is 4. The monoisotopic (exact) mass is 283 g/mol. The van der Waals surface area contributed by atoms with E-state index in [1.54, 1.807) is 0 Å². The molecule has 0 spiro atoms. The summed E-state index contributed by atoms with van der Waals surface area (Å²) in [6.07, 6.45) is 0.962. The Morgan fingerprint density at radius 3 is 2.68 bits per heavy atom. The molecule has 0 amide bonds. The molecule has 0 aromatic heterocycles. The highest BCUT2D eigenvalue weighted by molar-refractivity contribution is 7.89. The first kappa shape index (κ1) is 12.5. The van der Waals surface area contributed by atoms with E-state index in [1.165, 1.54) is 24.3 Å². The Labute approximate surface area is 110 Å². The number of nitro groups is 1. The Balaban J connectivity index is 1.90.